The zero-order valence-electron chi connectivity index (χ0n) is 23.5. The molecule has 0 radical (unpaired) electrons. The minimum atomic E-state index is -4.64. The average molecular weight is 585 g/mol. The van der Waals surface area contributed by atoms with E-state index < -0.39 is 21.8 Å². The van der Waals surface area contributed by atoms with E-state index >= 15 is 0 Å². The molecule has 0 spiro atoms. The fraction of sp³-hybridized carbons (Fsp3) is 0.630. The number of halogens is 3. The van der Waals surface area contributed by atoms with Crippen LogP contribution in [-0.2, 0) is 29.2 Å². The second-order valence-electron chi connectivity index (χ2n) is 10.9. The molecule has 1 aromatic carbocycles. The normalized spacial score (nSPS) is 21.5. The third-order valence-corrected chi connectivity index (χ3v) is 9.32. The van der Waals surface area contributed by atoms with E-state index in [0.717, 1.165) is 63.6 Å². The summed E-state index contributed by atoms with van der Waals surface area (Å²) in [6.45, 7) is 4.74. The number of likely N-dealkylation sites (N-methyl/N-ethyl adjacent to an activating group) is 1. The Labute approximate surface area is 234 Å². The molecular weight excluding hydrogens is 545 g/mol. The van der Waals surface area contributed by atoms with Crippen LogP contribution in [0, 0.1) is 5.92 Å². The van der Waals surface area contributed by atoms with Crippen LogP contribution in [0.4, 0.5) is 24.8 Å². The van der Waals surface area contributed by atoms with Gasteiger partial charge in [0.2, 0.25) is 16.0 Å². The smallest absolute Gasteiger partial charge is 0.419 e. The standard InChI is InChI=1S/C27H39F3N6O3S/c1-34-11-13-36(14-12-34)18-19-9-10-22(25(15-19)39-3)32-26-31-17-21(27(28,29)30)23(33-26)16-20-7-5-6-8-24(20)35(2)40(4,37)38/h9-10,15,17,20,24H,5-8,11-14,16,18H2,1-4H3,(H,31,32,33)/t20-,24+/m0/s1. The summed E-state index contributed by atoms with van der Waals surface area (Å²) < 4.78 is 73.1. The lowest BCUT2D eigenvalue weighted by Crippen LogP contribution is -2.44. The van der Waals surface area contributed by atoms with E-state index in [1.165, 1.54) is 11.4 Å². The largest absolute Gasteiger partial charge is 0.495 e. The van der Waals surface area contributed by atoms with Gasteiger partial charge in [0.15, 0.2) is 0 Å². The number of benzene rings is 1. The molecule has 1 aromatic heterocycles. The minimum Gasteiger partial charge on any atom is -0.495 e. The van der Waals surface area contributed by atoms with Crippen molar-refractivity contribution in [1.82, 2.24) is 24.1 Å². The first-order chi connectivity index (χ1) is 18.8. The SMILES string of the molecule is COc1cc(CN2CCN(C)CC2)ccc1Nc1ncc(C(F)(F)F)c(C[C@@H]2CCCC[C@H]2N(C)S(C)(=O)=O)n1. The van der Waals surface area contributed by atoms with Crippen molar-refractivity contribution < 1.29 is 26.3 Å². The summed E-state index contributed by atoms with van der Waals surface area (Å²) in [6, 6.07) is 5.31. The van der Waals surface area contributed by atoms with Crippen LogP contribution in [0.3, 0.4) is 0 Å². The lowest BCUT2D eigenvalue weighted by Gasteiger charge is -2.37. The molecule has 0 bridgehead atoms. The molecule has 2 heterocycles. The number of ether oxygens (including phenoxy) is 1. The molecule has 13 heteroatoms. The zero-order valence-corrected chi connectivity index (χ0v) is 24.4. The predicted molar refractivity (Wildman–Crippen MR) is 148 cm³/mol. The monoisotopic (exact) mass is 584 g/mol. The van der Waals surface area contributed by atoms with Crippen LogP contribution < -0.4 is 10.1 Å². The molecule has 1 aliphatic carbocycles. The lowest BCUT2D eigenvalue weighted by molar-refractivity contribution is -0.138. The Kier molecular flexibility index (Phi) is 9.59. The van der Waals surface area contributed by atoms with Gasteiger partial charge in [0, 0.05) is 52.0 Å². The highest BCUT2D eigenvalue weighted by Crippen LogP contribution is 2.37. The van der Waals surface area contributed by atoms with Crippen molar-refractivity contribution in [2.45, 2.75) is 50.9 Å². The molecule has 2 fully saturated rings. The van der Waals surface area contributed by atoms with Crippen LogP contribution in [0.25, 0.3) is 0 Å². The third kappa shape index (κ3) is 7.62. The fourth-order valence-electron chi connectivity index (χ4n) is 5.59. The molecule has 0 unspecified atom stereocenters. The highest BCUT2D eigenvalue weighted by atomic mass is 32.2. The highest BCUT2D eigenvalue weighted by molar-refractivity contribution is 7.88. The number of sulfonamides is 1. The zero-order chi connectivity index (χ0) is 29.1. The number of nitrogens with one attached hydrogen (secondary N) is 1. The van der Waals surface area contributed by atoms with Gasteiger partial charge in [-0.05, 0) is 49.9 Å². The van der Waals surface area contributed by atoms with Gasteiger partial charge in [0.25, 0.3) is 0 Å². The van der Waals surface area contributed by atoms with Gasteiger partial charge in [-0.25, -0.2) is 22.7 Å². The number of hydrogen-bond acceptors (Lipinski definition) is 8. The molecule has 1 aliphatic heterocycles. The topological polar surface area (TPSA) is 90.9 Å². The molecule has 1 N–H and O–H groups in total. The quantitative estimate of drug-likeness (QED) is 0.474. The number of piperazine rings is 1. The van der Waals surface area contributed by atoms with Crippen LogP contribution in [0.5, 0.6) is 5.75 Å². The number of nitrogens with zero attached hydrogens (tertiary/aromatic N) is 5. The van der Waals surface area contributed by atoms with E-state index in [-0.39, 0.29) is 30.0 Å². The van der Waals surface area contributed by atoms with Gasteiger partial charge in [-0.2, -0.15) is 13.2 Å². The summed E-state index contributed by atoms with van der Waals surface area (Å²) in [4.78, 5) is 12.9. The summed E-state index contributed by atoms with van der Waals surface area (Å²) >= 11 is 0. The molecule has 4 rings (SSSR count). The Morgan fingerprint density at radius 3 is 2.50 bits per heavy atom. The predicted octanol–water partition coefficient (Wildman–Crippen LogP) is 3.99. The summed E-state index contributed by atoms with van der Waals surface area (Å²) in [5.41, 5.74) is 0.565. The molecular formula is C27H39F3N6O3S. The van der Waals surface area contributed by atoms with E-state index in [0.29, 0.717) is 24.3 Å². The van der Waals surface area contributed by atoms with E-state index in [4.69, 9.17) is 4.74 Å². The third-order valence-electron chi connectivity index (χ3n) is 8.00. The maximum atomic E-state index is 13.9. The van der Waals surface area contributed by atoms with Crippen LogP contribution in [-0.4, -0.2) is 92.2 Å². The van der Waals surface area contributed by atoms with Crippen molar-refractivity contribution >= 4 is 21.7 Å². The van der Waals surface area contributed by atoms with Gasteiger partial charge in [0.1, 0.15) is 5.75 Å². The number of hydrogen-bond donors (Lipinski definition) is 1. The molecule has 1 saturated heterocycles. The van der Waals surface area contributed by atoms with Crippen molar-refractivity contribution in [1.29, 1.82) is 0 Å². The first kappa shape index (κ1) is 30.5. The van der Waals surface area contributed by atoms with Crippen LogP contribution >= 0.6 is 0 Å². The second-order valence-corrected chi connectivity index (χ2v) is 12.9. The average Bonchev–Trinajstić information content (AvgIpc) is 2.89. The Morgan fingerprint density at radius 2 is 1.85 bits per heavy atom. The van der Waals surface area contributed by atoms with E-state index in [9.17, 15) is 21.6 Å². The second kappa shape index (κ2) is 12.6. The van der Waals surface area contributed by atoms with Crippen molar-refractivity contribution in [3.05, 3.63) is 41.2 Å². The lowest BCUT2D eigenvalue weighted by atomic mass is 9.81. The van der Waals surface area contributed by atoms with Gasteiger partial charge < -0.3 is 15.0 Å². The van der Waals surface area contributed by atoms with Gasteiger partial charge >= 0.3 is 6.18 Å². The van der Waals surface area contributed by atoms with Gasteiger partial charge in [-0.1, -0.05) is 18.9 Å². The number of methoxy groups -OCH3 is 1. The Morgan fingerprint density at radius 1 is 1.15 bits per heavy atom. The molecule has 40 heavy (non-hydrogen) atoms. The van der Waals surface area contributed by atoms with Crippen molar-refractivity contribution in [3.63, 3.8) is 0 Å². The van der Waals surface area contributed by atoms with Gasteiger partial charge in [-0.15, -0.1) is 0 Å². The van der Waals surface area contributed by atoms with Gasteiger partial charge in [0.05, 0.1) is 30.3 Å². The van der Waals surface area contributed by atoms with E-state index in [2.05, 4.69) is 32.1 Å². The first-order valence-corrected chi connectivity index (χ1v) is 15.4. The van der Waals surface area contributed by atoms with Crippen molar-refractivity contribution in [2.24, 2.45) is 5.92 Å². The van der Waals surface area contributed by atoms with E-state index in [1.54, 1.807) is 7.11 Å². The Hall–Kier alpha value is -2.48. The first-order valence-electron chi connectivity index (χ1n) is 13.6. The number of alkyl halides is 3. The minimum absolute atomic E-state index is 0.00232. The maximum absolute atomic E-state index is 13.9. The maximum Gasteiger partial charge on any atom is 0.419 e. The Bertz CT molecular complexity index is 1270. The number of rotatable bonds is 9. The summed E-state index contributed by atoms with van der Waals surface area (Å²) in [7, 11) is 1.65. The van der Waals surface area contributed by atoms with Crippen LogP contribution in [0.1, 0.15) is 42.5 Å². The van der Waals surface area contributed by atoms with Crippen molar-refractivity contribution in [2.75, 3.05) is 59.0 Å². The Balaban J connectivity index is 1.56. The highest BCUT2D eigenvalue weighted by Gasteiger charge is 2.38. The van der Waals surface area contributed by atoms with Crippen LogP contribution in [0.2, 0.25) is 0 Å². The van der Waals surface area contributed by atoms with Crippen LogP contribution in [0.15, 0.2) is 24.4 Å². The molecule has 222 valence electrons. The molecule has 2 atom stereocenters. The summed E-state index contributed by atoms with van der Waals surface area (Å²) in [6.07, 6.45) is 0.164. The number of aromatic nitrogens is 2. The molecule has 2 aliphatic rings. The fourth-order valence-corrected chi connectivity index (χ4v) is 6.36. The molecule has 9 nitrogen and oxygen atoms in total. The van der Waals surface area contributed by atoms with Crippen molar-refractivity contribution in [3.8, 4) is 5.75 Å². The summed E-state index contributed by atoms with van der Waals surface area (Å²) in [5.74, 6) is 0.275. The van der Waals surface area contributed by atoms with Gasteiger partial charge in [-0.3, -0.25) is 4.90 Å². The summed E-state index contributed by atoms with van der Waals surface area (Å²) in [5, 5.41) is 3.03. The number of anilines is 2. The molecule has 2 aromatic rings. The molecule has 0 amide bonds. The molecule has 1 saturated carbocycles. The van der Waals surface area contributed by atoms with E-state index in [1.807, 2.05) is 18.2 Å².